The van der Waals surface area contributed by atoms with Gasteiger partial charge in [0.05, 0.1) is 12.5 Å². The van der Waals surface area contributed by atoms with Gasteiger partial charge in [-0.25, -0.2) is 0 Å². The topological polar surface area (TPSA) is 56.7 Å². The molecular formula is C14H23F3N4. The van der Waals surface area contributed by atoms with Crippen molar-refractivity contribution in [1.29, 1.82) is 0 Å². The van der Waals surface area contributed by atoms with Crippen molar-refractivity contribution < 1.29 is 13.2 Å². The first-order valence-electron chi connectivity index (χ1n) is 7.53. The van der Waals surface area contributed by atoms with Crippen LogP contribution < -0.4 is 5.73 Å². The Morgan fingerprint density at radius 3 is 2.48 bits per heavy atom. The average molecular weight is 304 g/mol. The SMILES string of the molecule is CC(C)Cn1c(CN)nnc1C1CCCCC1C(F)(F)F. The number of nitrogens with two attached hydrogens (primary N) is 1. The summed E-state index contributed by atoms with van der Waals surface area (Å²) in [6, 6.07) is 0. The molecule has 0 saturated heterocycles. The van der Waals surface area contributed by atoms with Crippen molar-refractivity contribution in [2.24, 2.45) is 17.6 Å². The highest BCUT2D eigenvalue weighted by Crippen LogP contribution is 2.46. The van der Waals surface area contributed by atoms with E-state index >= 15 is 0 Å². The molecule has 2 rings (SSSR count). The van der Waals surface area contributed by atoms with Crippen molar-refractivity contribution in [3.8, 4) is 0 Å². The summed E-state index contributed by atoms with van der Waals surface area (Å²) in [5.41, 5.74) is 5.64. The highest BCUT2D eigenvalue weighted by atomic mass is 19.4. The molecule has 1 heterocycles. The number of nitrogens with zero attached hydrogens (tertiary/aromatic N) is 3. The summed E-state index contributed by atoms with van der Waals surface area (Å²) in [5, 5.41) is 8.06. The zero-order chi connectivity index (χ0) is 15.6. The van der Waals surface area contributed by atoms with Gasteiger partial charge >= 0.3 is 6.18 Å². The molecule has 1 saturated carbocycles. The maximum Gasteiger partial charge on any atom is 0.392 e. The number of rotatable bonds is 4. The molecule has 0 spiro atoms. The van der Waals surface area contributed by atoms with Crippen LogP contribution in [0.4, 0.5) is 13.2 Å². The van der Waals surface area contributed by atoms with Gasteiger partial charge in [0.25, 0.3) is 0 Å². The van der Waals surface area contributed by atoms with Crippen LogP contribution in [-0.2, 0) is 13.1 Å². The van der Waals surface area contributed by atoms with E-state index in [0.717, 1.165) is 6.42 Å². The van der Waals surface area contributed by atoms with E-state index in [9.17, 15) is 13.2 Å². The first kappa shape index (κ1) is 16.3. The highest BCUT2D eigenvalue weighted by molar-refractivity contribution is 5.07. The molecule has 0 amide bonds. The Morgan fingerprint density at radius 1 is 1.24 bits per heavy atom. The van der Waals surface area contributed by atoms with Crippen LogP contribution >= 0.6 is 0 Å². The summed E-state index contributed by atoms with van der Waals surface area (Å²) >= 11 is 0. The second-order valence-corrected chi connectivity index (χ2v) is 6.22. The van der Waals surface area contributed by atoms with Gasteiger partial charge < -0.3 is 10.3 Å². The van der Waals surface area contributed by atoms with Gasteiger partial charge in [0.2, 0.25) is 0 Å². The molecule has 0 bridgehead atoms. The fraction of sp³-hybridized carbons (Fsp3) is 0.857. The monoisotopic (exact) mass is 304 g/mol. The van der Waals surface area contributed by atoms with Crippen LogP contribution in [0.25, 0.3) is 0 Å². The van der Waals surface area contributed by atoms with Crippen molar-refractivity contribution in [1.82, 2.24) is 14.8 Å². The first-order valence-corrected chi connectivity index (χ1v) is 7.53. The fourth-order valence-electron chi connectivity index (χ4n) is 3.17. The van der Waals surface area contributed by atoms with E-state index in [1.54, 1.807) is 4.57 Å². The first-order chi connectivity index (χ1) is 9.84. The zero-order valence-electron chi connectivity index (χ0n) is 12.5. The van der Waals surface area contributed by atoms with Gasteiger partial charge in [-0.1, -0.05) is 26.7 Å². The average Bonchev–Trinajstić information content (AvgIpc) is 2.79. The molecule has 0 radical (unpaired) electrons. The van der Waals surface area contributed by atoms with Gasteiger partial charge in [0.1, 0.15) is 11.6 Å². The van der Waals surface area contributed by atoms with Gasteiger partial charge in [-0.15, -0.1) is 10.2 Å². The Morgan fingerprint density at radius 2 is 1.90 bits per heavy atom. The second kappa shape index (κ2) is 6.34. The predicted octanol–water partition coefficient (Wildman–Crippen LogP) is 3.23. The van der Waals surface area contributed by atoms with Gasteiger partial charge in [-0.05, 0) is 18.8 Å². The van der Waals surface area contributed by atoms with E-state index in [1.807, 2.05) is 13.8 Å². The third-order valence-electron chi connectivity index (χ3n) is 4.10. The van der Waals surface area contributed by atoms with Crippen LogP contribution in [0.1, 0.15) is 57.1 Å². The highest BCUT2D eigenvalue weighted by Gasteiger charge is 2.47. The third kappa shape index (κ3) is 3.56. The van der Waals surface area contributed by atoms with Gasteiger partial charge in [0, 0.05) is 12.5 Å². The largest absolute Gasteiger partial charge is 0.392 e. The predicted molar refractivity (Wildman–Crippen MR) is 73.5 cm³/mol. The quantitative estimate of drug-likeness (QED) is 0.929. The molecule has 4 nitrogen and oxygen atoms in total. The number of alkyl halides is 3. The Hall–Kier alpha value is -1.11. The number of aromatic nitrogens is 3. The van der Waals surface area contributed by atoms with E-state index < -0.39 is 18.0 Å². The Labute approximate surface area is 122 Å². The van der Waals surface area contributed by atoms with Gasteiger partial charge in [-0.2, -0.15) is 13.2 Å². The smallest absolute Gasteiger partial charge is 0.324 e. The lowest BCUT2D eigenvalue weighted by atomic mass is 9.78. The van der Waals surface area contributed by atoms with Crippen molar-refractivity contribution in [2.75, 3.05) is 0 Å². The minimum Gasteiger partial charge on any atom is -0.324 e. The van der Waals surface area contributed by atoms with Crippen LogP contribution in [0.3, 0.4) is 0 Å². The summed E-state index contributed by atoms with van der Waals surface area (Å²) in [7, 11) is 0. The van der Waals surface area contributed by atoms with Crippen molar-refractivity contribution in [3.63, 3.8) is 0 Å². The van der Waals surface area contributed by atoms with Crippen LogP contribution in [0, 0.1) is 11.8 Å². The molecule has 1 aliphatic carbocycles. The summed E-state index contributed by atoms with van der Waals surface area (Å²) < 4.78 is 41.6. The van der Waals surface area contributed by atoms with Crippen molar-refractivity contribution in [2.45, 2.75) is 64.7 Å². The van der Waals surface area contributed by atoms with Crippen LogP contribution in [0.2, 0.25) is 0 Å². The molecule has 7 heteroatoms. The summed E-state index contributed by atoms with van der Waals surface area (Å²) in [6.45, 7) is 4.84. The Kier molecular flexibility index (Phi) is 4.91. The molecule has 1 fully saturated rings. The maximum absolute atomic E-state index is 13.3. The zero-order valence-corrected chi connectivity index (χ0v) is 12.5. The molecule has 0 aromatic carbocycles. The second-order valence-electron chi connectivity index (χ2n) is 6.22. The van der Waals surface area contributed by atoms with Crippen LogP contribution in [0.5, 0.6) is 0 Å². The van der Waals surface area contributed by atoms with Crippen molar-refractivity contribution in [3.05, 3.63) is 11.6 Å². The summed E-state index contributed by atoms with van der Waals surface area (Å²) in [4.78, 5) is 0. The molecule has 1 aromatic rings. The molecule has 21 heavy (non-hydrogen) atoms. The molecule has 2 N–H and O–H groups in total. The van der Waals surface area contributed by atoms with E-state index in [1.165, 1.54) is 0 Å². The molecular weight excluding hydrogens is 281 g/mol. The Bertz CT molecular complexity index is 467. The maximum atomic E-state index is 13.3. The van der Waals surface area contributed by atoms with E-state index in [2.05, 4.69) is 10.2 Å². The van der Waals surface area contributed by atoms with Gasteiger partial charge in [0.15, 0.2) is 0 Å². The lowest BCUT2D eigenvalue weighted by Crippen LogP contribution is -2.33. The van der Waals surface area contributed by atoms with E-state index in [0.29, 0.717) is 37.0 Å². The minimum absolute atomic E-state index is 0.181. The fourth-order valence-corrected chi connectivity index (χ4v) is 3.17. The summed E-state index contributed by atoms with van der Waals surface area (Å²) in [5.74, 6) is -0.563. The normalized spacial score (nSPS) is 23.8. The number of hydrogen-bond donors (Lipinski definition) is 1. The minimum atomic E-state index is -4.18. The molecule has 2 atom stereocenters. The number of halogens is 3. The standard InChI is InChI=1S/C14H23F3N4/c1-9(2)8-21-12(7-18)19-20-13(21)10-5-3-4-6-11(10)14(15,16)17/h9-11H,3-8,18H2,1-2H3. The Balaban J connectivity index is 2.36. The van der Waals surface area contributed by atoms with Crippen molar-refractivity contribution >= 4 is 0 Å². The molecule has 1 aliphatic rings. The van der Waals surface area contributed by atoms with E-state index in [-0.39, 0.29) is 13.0 Å². The van der Waals surface area contributed by atoms with Gasteiger partial charge in [-0.3, -0.25) is 0 Å². The lowest BCUT2D eigenvalue weighted by Gasteiger charge is -2.32. The number of hydrogen-bond acceptors (Lipinski definition) is 3. The molecule has 120 valence electrons. The van der Waals surface area contributed by atoms with Crippen LogP contribution in [0.15, 0.2) is 0 Å². The molecule has 0 aliphatic heterocycles. The summed E-state index contributed by atoms with van der Waals surface area (Å²) in [6.07, 6.45) is -2.04. The van der Waals surface area contributed by atoms with E-state index in [4.69, 9.17) is 5.73 Å². The van der Waals surface area contributed by atoms with Crippen LogP contribution in [-0.4, -0.2) is 20.9 Å². The third-order valence-corrected chi connectivity index (χ3v) is 4.10. The lowest BCUT2D eigenvalue weighted by molar-refractivity contribution is -0.188. The molecule has 2 unspecified atom stereocenters. The molecule has 1 aromatic heterocycles.